The Balaban J connectivity index is 1.72. The lowest BCUT2D eigenvalue weighted by atomic mass is 10.1. The van der Waals surface area contributed by atoms with Crippen LogP contribution in [0.15, 0.2) is 40.2 Å². The van der Waals surface area contributed by atoms with E-state index in [0.717, 1.165) is 5.69 Å². The SMILES string of the molecule is Cc1cc(C(=O)[C@H](C)OC(=O)[C@@H](C)Sc2nncs2)c(C)n1-c1ccc(OC(F)F)cc1. The highest BCUT2D eigenvalue weighted by Gasteiger charge is 2.27. The van der Waals surface area contributed by atoms with Gasteiger partial charge in [0.1, 0.15) is 16.5 Å². The van der Waals surface area contributed by atoms with Gasteiger partial charge in [-0.25, -0.2) is 0 Å². The molecule has 32 heavy (non-hydrogen) atoms. The molecule has 3 aromatic rings. The van der Waals surface area contributed by atoms with E-state index in [2.05, 4.69) is 14.9 Å². The number of benzene rings is 1. The van der Waals surface area contributed by atoms with E-state index in [0.29, 0.717) is 21.3 Å². The van der Waals surface area contributed by atoms with Crippen molar-refractivity contribution in [3.05, 3.63) is 52.8 Å². The molecule has 0 fully saturated rings. The van der Waals surface area contributed by atoms with Crippen LogP contribution in [0.25, 0.3) is 5.69 Å². The second-order valence-corrected chi connectivity index (χ2v) is 9.32. The van der Waals surface area contributed by atoms with Gasteiger partial charge < -0.3 is 14.0 Å². The topological polar surface area (TPSA) is 83.3 Å². The van der Waals surface area contributed by atoms with E-state index in [1.165, 1.54) is 42.2 Å². The molecule has 0 spiro atoms. The first-order valence-electron chi connectivity index (χ1n) is 9.59. The summed E-state index contributed by atoms with van der Waals surface area (Å²) in [6.45, 7) is 3.91. The number of alkyl halides is 2. The molecule has 170 valence electrons. The summed E-state index contributed by atoms with van der Waals surface area (Å²) < 4.78 is 37.0. The quantitative estimate of drug-likeness (QED) is 0.246. The van der Waals surface area contributed by atoms with Gasteiger partial charge in [0.05, 0.1) is 0 Å². The number of aromatic nitrogens is 3. The van der Waals surface area contributed by atoms with Gasteiger partial charge in [-0.3, -0.25) is 9.59 Å². The molecule has 0 radical (unpaired) electrons. The van der Waals surface area contributed by atoms with Gasteiger partial charge in [0, 0.05) is 22.6 Å². The van der Waals surface area contributed by atoms with Crippen LogP contribution >= 0.6 is 23.1 Å². The number of aryl methyl sites for hydroxylation is 1. The molecule has 0 aliphatic rings. The fourth-order valence-electron chi connectivity index (χ4n) is 3.14. The summed E-state index contributed by atoms with van der Waals surface area (Å²) in [4.78, 5) is 25.4. The van der Waals surface area contributed by atoms with Crippen molar-refractivity contribution in [2.45, 2.75) is 50.0 Å². The zero-order valence-electron chi connectivity index (χ0n) is 17.7. The Morgan fingerprint density at radius 2 is 1.84 bits per heavy atom. The van der Waals surface area contributed by atoms with Crippen molar-refractivity contribution in [2.24, 2.45) is 0 Å². The highest BCUT2D eigenvalue weighted by molar-refractivity contribution is 8.02. The fraction of sp³-hybridized carbons (Fsp3) is 0.333. The summed E-state index contributed by atoms with van der Waals surface area (Å²) in [5.74, 6) is -0.804. The highest BCUT2D eigenvalue weighted by atomic mass is 32.2. The van der Waals surface area contributed by atoms with Crippen LogP contribution in [0, 0.1) is 13.8 Å². The van der Waals surface area contributed by atoms with E-state index in [4.69, 9.17) is 4.74 Å². The zero-order chi connectivity index (χ0) is 23.4. The van der Waals surface area contributed by atoms with Crippen molar-refractivity contribution in [1.29, 1.82) is 0 Å². The van der Waals surface area contributed by atoms with Crippen LogP contribution in [0.5, 0.6) is 5.75 Å². The van der Waals surface area contributed by atoms with Crippen LogP contribution in [0.1, 0.15) is 35.6 Å². The Labute approximate surface area is 191 Å². The summed E-state index contributed by atoms with van der Waals surface area (Å²) in [5, 5.41) is 7.06. The maximum absolute atomic E-state index is 13.0. The van der Waals surface area contributed by atoms with Crippen molar-refractivity contribution < 1.29 is 27.8 Å². The minimum atomic E-state index is -2.90. The Bertz CT molecular complexity index is 1090. The lowest BCUT2D eigenvalue weighted by Gasteiger charge is -2.15. The Morgan fingerprint density at radius 1 is 1.16 bits per heavy atom. The first kappa shape index (κ1) is 23.9. The van der Waals surface area contributed by atoms with Gasteiger partial charge in [-0.05, 0) is 58.0 Å². The largest absolute Gasteiger partial charge is 0.453 e. The van der Waals surface area contributed by atoms with Crippen LogP contribution in [-0.4, -0.2) is 44.5 Å². The van der Waals surface area contributed by atoms with E-state index in [-0.39, 0.29) is 11.5 Å². The van der Waals surface area contributed by atoms with E-state index >= 15 is 0 Å². The number of nitrogens with zero attached hydrogens (tertiary/aromatic N) is 3. The summed E-state index contributed by atoms with van der Waals surface area (Å²) in [6.07, 6.45) is -0.976. The van der Waals surface area contributed by atoms with Crippen LogP contribution in [0.3, 0.4) is 0 Å². The molecule has 0 N–H and O–H groups in total. The minimum absolute atomic E-state index is 0.0450. The number of hydrogen-bond acceptors (Lipinski definition) is 8. The molecule has 0 saturated heterocycles. The molecular weight excluding hydrogens is 460 g/mol. The molecule has 1 aromatic carbocycles. The average Bonchev–Trinajstić information content (AvgIpc) is 3.35. The molecule has 11 heteroatoms. The molecular formula is C21H21F2N3O4S2. The third kappa shape index (κ3) is 5.52. The second kappa shape index (κ2) is 10.2. The number of esters is 1. The molecule has 3 rings (SSSR count). The minimum Gasteiger partial charge on any atom is -0.453 e. The fourth-order valence-corrected chi connectivity index (χ4v) is 4.75. The second-order valence-electron chi connectivity index (χ2n) is 6.90. The smallest absolute Gasteiger partial charge is 0.387 e. The highest BCUT2D eigenvalue weighted by Crippen LogP contribution is 2.27. The Morgan fingerprint density at radius 3 is 2.44 bits per heavy atom. The number of ether oxygens (including phenoxy) is 2. The lowest BCUT2D eigenvalue weighted by Crippen LogP contribution is -2.28. The average molecular weight is 482 g/mol. The molecule has 2 heterocycles. The number of rotatable bonds is 9. The predicted octanol–water partition coefficient (Wildman–Crippen LogP) is 4.84. The number of carbonyl (C=O) groups is 2. The van der Waals surface area contributed by atoms with Gasteiger partial charge in [0.2, 0.25) is 5.78 Å². The molecule has 2 aromatic heterocycles. The maximum atomic E-state index is 13.0. The number of ketones is 1. The molecule has 0 bridgehead atoms. The first-order valence-corrected chi connectivity index (χ1v) is 11.3. The number of carbonyl (C=O) groups excluding carboxylic acids is 2. The van der Waals surface area contributed by atoms with E-state index in [1.807, 2.05) is 11.5 Å². The van der Waals surface area contributed by atoms with Crippen molar-refractivity contribution >= 4 is 34.9 Å². The van der Waals surface area contributed by atoms with Crippen molar-refractivity contribution in [1.82, 2.24) is 14.8 Å². The maximum Gasteiger partial charge on any atom is 0.387 e. The number of thioether (sulfide) groups is 1. The molecule has 7 nitrogen and oxygen atoms in total. The summed E-state index contributed by atoms with van der Waals surface area (Å²) >= 11 is 2.53. The summed E-state index contributed by atoms with van der Waals surface area (Å²) in [5.41, 5.74) is 4.09. The zero-order valence-corrected chi connectivity index (χ0v) is 19.4. The van der Waals surface area contributed by atoms with Gasteiger partial charge in [-0.1, -0.05) is 23.1 Å². The van der Waals surface area contributed by atoms with Gasteiger partial charge in [0.15, 0.2) is 10.4 Å². The molecule has 0 unspecified atom stereocenters. The van der Waals surface area contributed by atoms with Crippen molar-refractivity contribution in [3.63, 3.8) is 0 Å². The van der Waals surface area contributed by atoms with Gasteiger partial charge >= 0.3 is 12.6 Å². The number of Topliss-reactive ketones (excluding diaryl/α,β-unsaturated/α-hetero) is 1. The Kier molecular flexibility index (Phi) is 7.62. The third-order valence-corrected chi connectivity index (χ3v) is 6.52. The monoisotopic (exact) mass is 481 g/mol. The summed E-state index contributed by atoms with van der Waals surface area (Å²) in [6, 6.07) is 7.83. The van der Waals surface area contributed by atoms with Gasteiger partial charge in [-0.15, -0.1) is 10.2 Å². The predicted molar refractivity (Wildman–Crippen MR) is 117 cm³/mol. The Hall–Kier alpha value is -2.79. The van der Waals surface area contributed by atoms with Crippen LogP contribution in [0.2, 0.25) is 0 Å². The molecule has 0 amide bonds. The van der Waals surface area contributed by atoms with E-state index in [9.17, 15) is 18.4 Å². The number of halogens is 2. The normalized spacial score (nSPS) is 13.1. The lowest BCUT2D eigenvalue weighted by molar-refractivity contribution is -0.145. The molecule has 0 aliphatic carbocycles. The summed E-state index contributed by atoms with van der Waals surface area (Å²) in [7, 11) is 0. The molecule has 0 aliphatic heterocycles. The third-order valence-electron chi connectivity index (χ3n) is 4.63. The van der Waals surface area contributed by atoms with Crippen LogP contribution < -0.4 is 4.74 Å². The molecule has 2 atom stereocenters. The van der Waals surface area contributed by atoms with Crippen molar-refractivity contribution in [2.75, 3.05) is 0 Å². The van der Waals surface area contributed by atoms with Gasteiger partial charge in [0.25, 0.3) is 0 Å². The van der Waals surface area contributed by atoms with Gasteiger partial charge in [-0.2, -0.15) is 8.78 Å². The number of hydrogen-bond donors (Lipinski definition) is 0. The standard InChI is InChI=1S/C21H21F2N3O4S2/c1-11-9-17(12(2)26(11)15-5-7-16(8-6-15)30-20(22)23)18(27)13(3)29-19(28)14(4)32-21-25-24-10-31-21/h5-10,13-14,20H,1-4H3/t13-,14+/m0/s1. The van der Waals surface area contributed by atoms with E-state index in [1.54, 1.807) is 37.6 Å². The first-order chi connectivity index (χ1) is 15.2. The van der Waals surface area contributed by atoms with E-state index < -0.39 is 23.9 Å². The van der Waals surface area contributed by atoms with Crippen LogP contribution in [0.4, 0.5) is 8.78 Å². The van der Waals surface area contributed by atoms with Crippen LogP contribution in [-0.2, 0) is 9.53 Å². The molecule has 0 saturated carbocycles. The van der Waals surface area contributed by atoms with Crippen molar-refractivity contribution in [3.8, 4) is 11.4 Å².